The van der Waals surface area contributed by atoms with E-state index in [-0.39, 0.29) is 0 Å². The third-order valence-electron chi connectivity index (χ3n) is 6.27. The van der Waals surface area contributed by atoms with Crippen molar-refractivity contribution < 1.29 is 4.74 Å². The molecule has 2 aromatic heterocycles. The molecule has 4 rings (SSSR count). The summed E-state index contributed by atoms with van der Waals surface area (Å²) in [6, 6.07) is 11.3. The third kappa shape index (κ3) is 4.60. The van der Waals surface area contributed by atoms with E-state index in [4.69, 9.17) is 4.74 Å². The van der Waals surface area contributed by atoms with E-state index in [1.165, 1.54) is 54.3 Å². The summed E-state index contributed by atoms with van der Waals surface area (Å²) in [5, 5.41) is 0. The molecular formula is C22H31N3OS. The number of thiophene rings is 1. The second kappa shape index (κ2) is 8.39. The number of ether oxygens (including phenoxy) is 1. The van der Waals surface area contributed by atoms with Crippen molar-refractivity contribution in [3.8, 4) is 0 Å². The van der Waals surface area contributed by atoms with Gasteiger partial charge in [0, 0.05) is 48.7 Å². The Balaban J connectivity index is 1.37. The van der Waals surface area contributed by atoms with E-state index in [1.54, 1.807) is 0 Å². The maximum atomic E-state index is 5.56. The molecule has 1 atom stereocenters. The topological polar surface area (TPSA) is 28.6 Å². The van der Waals surface area contributed by atoms with E-state index < -0.39 is 0 Å². The van der Waals surface area contributed by atoms with E-state index in [0.29, 0.717) is 11.5 Å². The Bertz CT molecular complexity index is 724. The second-order valence-corrected chi connectivity index (χ2v) is 9.70. The SMILES string of the molecule is COC[C@H]1CC2(CCN(Cc3ccc(C)s3)CC2)CN1Cc1ccccn1. The number of nitrogens with zero attached hydrogens (tertiary/aromatic N) is 3. The Hall–Kier alpha value is -1.27. The van der Waals surface area contributed by atoms with Crippen molar-refractivity contribution in [1.29, 1.82) is 0 Å². The van der Waals surface area contributed by atoms with Crippen molar-refractivity contribution in [1.82, 2.24) is 14.8 Å². The Morgan fingerprint density at radius 1 is 1.19 bits per heavy atom. The van der Waals surface area contributed by atoms with Gasteiger partial charge in [-0.25, -0.2) is 0 Å². The van der Waals surface area contributed by atoms with Gasteiger partial charge in [-0.05, 0) is 69.0 Å². The van der Waals surface area contributed by atoms with Crippen LogP contribution in [0.1, 0.15) is 34.7 Å². The summed E-state index contributed by atoms with van der Waals surface area (Å²) in [5.41, 5.74) is 1.63. The van der Waals surface area contributed by atoms with Crippen molar-refractivity contribution in [2.24, 2.45) is 5.41 Å². The van der Waals surface area contributed by atoms with Gasteiger partial charge in [0.15, 0.2) is 0 Å². The summed E-state index contributed by atoms with van der Waals surface area (Å²) in [7, 11) is 1.83. The summed E-state index contributed by atoms with van der Waals surface area (Å²) in [5.74, 6) is 0. The Kier molecular flexibility index (Phi) is 5.93. The average Bonchev–Trinajstić information content (AvgIpc) is 3.22. The van der Waals surface area contributed by atoms with Crippen LogP contribution in [0, 0.1) is 12.3 Å². The summed E-state index contributed by atoms with van der Waals surface area (Å²) < 4.78 is 5.56. The lowest BCUT2D eigenvalue weighted by Gasteiger charge is -2.39. The standard InChI is InChI=1S/C22H31N3OS/c1-18-6-7-21(27-18)15-24-11-8-22(9-12-24)13-20(16-26-2)25(17-22)14-19-5-3-4-10-23-19/h3-7,10,20H,8-9,11-17H2,1-2H3/t20-/m1/s1. The first-order valence-electron chi connectivity index (χ1n) is 10.1. The molecule has 0 bridgehead atoms. The minimum absolute atomic E-state index is 0.458. The van der Waals surface area contributed by atoms with Gasteiger partial charge in [-0.15, -0.1) is 11.3 Å². The van der Waals surface area contributed by atoms with Gasteiger partial charge < -0.3 is 4.74 Å². The Labute approximate surface area is 167 Å². The van der Waals surface area contributed by atoms with Gasteiger partial charge >= 0.3 is 0 Å². The van der Waals surface area contributed by atoms with Gasteiger partial charge in [-0.1, -0.05) is 6.07 Å². The smallest absolute Gasteiger partial charge is 0.0618 e. The largest absolute Gasteiger partial charge is 0.383 e. The lowest BCUT2D eigenvalue weighted by molar-refractivity contribution is 0.102. The molecule has 2 aromatic rings. The molecular weight excluding hydrogens is 354 g/mol. The van der Waals surface area contributed by atoms with Crippen LogP contribution < -0.4 is 0 Å². The van der Waals surface area contributed by atoms with E-state index in [9.17, 15) is 0 Å². The molecule has 0 N–H and O–H groups in total. The maximum absolute atomic E-state index is 5.56. The summed E-state index contributed by atoms with van der Waals surface area (Å²) >= 11 is 1.94. The van der Waals surface area contributed by atoms with Crippen LogP contribution in [0.4, 0.5) is 0 Å². The molecule has 0 saturated carbocycles. The number of hydrogen-bond acceptors (Lipinski definition) is 5. The molecule has 1 spiro atoms. The zero-order valence-corrected chi connectivity index (χ0v) is 17.4. The van der Waals surface area contributed by atoms with Crippen LogP contribution in [0.15, 0.2) is 36.5 Å². The summed E-state index contributed by atoms with van der Waals surface area (Å²) in [6.45, 7) is 8.70. The minimum atomic E-state index is 0.458. The lowest BCUT2D eigenvalue weighted by Crippen LogP contribution is -2.41. The fraction of sp³-hybridized carbons (Fsp3) is 0.591. The molecule has 2 aliphatic rings. The number of piperidine rings is 1. The average molecular weight is 386 g/mol. The number of likely N-dealkylation sites (tertiary alicyclic amines) is 2. The number of methoxy groups -OCH3 is 1. The summed E-state index contributed by atoms with van der Waals surface area (Å²) in [4.78, 5) is 12.7. The van der Waals surface area contributed by atoms with Gasteiger partial charge in [-0.2, -0.15) is 0 Å². The second-order valence-electron chi connectivity index (χ2n) is 8.33. The molecule has 0 aliphatic carbocycles. The van der Waals surface area contributed by atoms with Crippen molar-refractivity contribution in [3.63, 3.8) is 0 Å². The van der Waals surface area contributed by atoms with Gasteiger partial charge in [0.2, 0.25) is 0 Å². The molecule has 4 heterocycles. The van der Waals surface area contributed by atoms with Gasteiger partial charge in [0.1, 0.15) is 0 Å². The number of hydrogen-bond donors (Lipinski definition) is 0. The Morgan fingerprint density at radius 2 is 2.04 bits per heavy atom. The van der Waals surface area contributed by atoms with Crippen LogP contribution in [-0.4, -0.2) is 54.2 Å². The molecule has 0 radical (unpaired) electrons. The van der Waals surface area contributed by atoms with Crippen LogP contribution in [0.5, 0.6) is 0 Å². The van der Waals surface area contributed by atoms with E-state index in [2.05, 4.69) is 46.0 Å². The first kappa shape index (κ1) is 19.1. The highest BCUT2D eigenvalue weighted by molar-refractivity contribution is 7.11. The predicted octanol–water partition coefficient (Wildman–Crippen LogP) is 3.95. The fourth-order valence-corrected chi connectivity index (χ4v) is 5.77. The molecule has 146 valence electrons. The first-order chi connectivity index (χ1) is 13.2. The van der Waals surface area contributed by atoms with Crippen LogP contribution in [0.3, 0.4) is 0 Å². The molecule has 4 nitrogen and oxygen atoms in total. The highest BCUT2D eigenvalue weighted by Gasteiger charge is 2.45. The molecule has 2 saturated heterocycles. The monoisotopic (exact) mass is 385 g/mol. The maximum Gasteiger partial charge on any atom is 0.0618 e. The Morgan fingerprint density at radius 3 is 2.70 bits per heavy atom. The fourth-order valence-electron chi connectivity index (χ4n) is 4.83. The van der Waals surface area contributed by atoms with Crippen LogP contribution in [0.2, 0.25) is 0 Å². The lowest BCUT2D eigenvalue weighted by atomic mass is 9.76. The first-order valence-corrected chi connectivity index (χ1v) is 10.9. The van der Waals surface area contributed by atoms with Gasteiger partial charge in [0.05, 0.1) is 12.3 Å². The number of aryl methyl sites for hydroxylation is 1. The molecule has 0 unspecified atom stereocenters. The normalized spacial score (nSPS) is 23.3. The highest BCUT2D eigenvalue weighted by atomic mass is 32.1. The van der Waals surface area contributed by atoms with Crippen molar-refractivity contribution in [2.75, 3.05) is 33.4 Å². The van der Waals surface area contributed by atoms with E-state index in [0.717, 1.165) is 19.7 Å². The number of pyridine rings is 1. The summed E-state index contributed by atoms with van der Waals surface area (Å²) in [6.07, 6.45) is 5.77. The highest BCUT2D eigenvalue weighted by Crippen LogP contribution is 2.44. The van der Waals surface area contributed by atoms with E-state index >= 15 is 0 Å². The zero-order valence-electron chi connectivity index (χ0n) is 16.6. The van der Waals surface area contributed by atoms with Crippen LogP contribution >= 0.6 is 11.3 Å². The van der Waals surface area contributed by atoms with Crippen molar-refractivity contribution in [2.45, 2.75) is 45.3 Å². The third-order valence-corrected chi connectivity index (χ3v) is 7.25. The molecule has 0 amide bonds. The van der Waals surface area contributed by atoms with E-state index in [1.807, 2.05) is 30.7 Å². The van der Waals surface area contributed by atoms with Crippen LogP contribution in [-0.2, 0) is 17.8 Å². The quantitative estimate of drug-likeness (QED) is 0.753. The minimum Gasteiger partial charge on any atom is -0.383 e. The van der Waals surface area contributed by atoms with Gasteiger partial charge in [0.25, 0.3) is 0 Å². The van der Waals surface area contributed by atoms with Crippen molar-refractivity contribution in [3.05, 3.63) is 52.0 Å². The molecule has 5 heteroatoms. The number of aromatic nitrogens is 1. The number of rotatable bonds is 6. The molecule has 0 aromatic carbocycles. The molecule has 2 aliphatic heterocycles. The predicted molar refractivity (Wildman–Crippen MR) is 111 cm³/mol. The van der Waals surface area contributed by atoms with Crippen LogP contribution in [0.25, 0.3) is 0 Å². The zero-order chi connectivity index (χ0) is 18.7. The van der Waals surface area contributed by atoms with Crippen molar-refractivity contribution >= 4 is 11.3 Å². The molecule has 2 fully saturated rings. The molecule has 27 heavy (non-hydrogen) atoms. The van der Waals surface area contributed by atoms with Gasteiger partial charge in [-0.3, -0.25) is 14.8 Å².